The molecule has 4 rings (SSSR count). The summed E-state index contributed by atoms with van der Waals surface area (Å²) in [5, 5.41) is 5.35. The zero-order chi connectivity index (χ0) is 13.5. The molecule has 2 N–H and O–H groups in total. The van der Waals surface area contributed by atoms with E-state index >= 15 is 0 Å². The highest BCUT2D eigenvalue weighted by molar-refractivity contribution is 7.19. The van der Waals surface area contributed by atoms with Crippen molar-refractivity contribution in [3.8, 4) is 0 Å². The van der Waals surface area contributed by atoms with Crippen molar-refractivity contribution in [3.63, 3.8) is 0 Å². The minimum atomic E-state index is 0.666. The van der Waals surface area contributed by atoms with E-state index in [-0.39, 0.29) is 0 Å². The van der Waals surface area contributed by atoms with Crippen LogP contribution in [0.2, 0.25) is 0 Å². The Morgan fingerprint density at radius 1 is 1.20 bits per heavy atom. The molecule has 0 aliphatic heterocycles. The number of aromatic nitrogens is 2. The minimum absolute atomic E-state index is 0.666. The van der Waals surface area contributed by atoms with Crippen molar-refractivity contribution in [2.45, 2.75) is 32.1 Å². The molecule has 1 aliphatic carbocycles. The highest BCUT2D eigenvalue weighted by atomic mass is 32.1. The molecule has 0 bridgehead atoms. The third-order valence-electron chi connectivity index (χ3n) is 3.83. The van der Waals surface area contributed by atoms with E-state index in [4.69, 9.17) is 10.7 Å². The Bertz CT molecular complexity index is 759. The average molecular weight is 301 g/mol. The molecule has 0 aromatic carbocycles. The molecule has 0 fully saturated rings. The number of anilines is 1. The van der Waals surface area contributed by atoms with Gasteiger partial charge in [-0.05, 0) is 53.6 Å². The lowest BCUT2D eigenvalue weighted by molar-refractivity contribution is 0.700. The molecule has 102 valence electrons. The number of nitrogens with zero attached hydrogens (tertiary/aromatic N) is 2. The highest BCUT2D eigenvalue weighted by Gasteiger charge is 2.20. The molecule has 0 saturated heterocycles. The molecule has 0 saturated carbocycles. The lowest BCUT2D eigenvalue weighted by Gasteiger charge is -2.10. The first kappa shape index (κ1) is 12.3. The summed E-state index contributed by atoms with van der Waals surface area (Å²) in [6, 6.07) is 2.12. The zero-order valence-corrected chi connectivity index (χ0v) is 12.7. The minimum Gasteiger partial charge on any atom is -0.383 e. The monoisotopic (exact) mass is 301 g/mol. The normalized spacial score (nSPS) is 14.6. The molecule has 0 amide bonds. The molecule has 5 heteroatoms. The number of hydrogen-bond acceptors (Lipinski definition) is 5. The van der Waals surface area contributed by atoms with Crippen molar-refractivity contribution in [2.75, 3.05) is 5.73 Å². The summed E-state index contributed by atoms with van der Waals surface area (Å²) in [5.41, 5.74) is 8.88. The van der Waals surface area contributed by atoms with Crippen molar-refractivity contribution >= 4 is 38.7 Å². The largest absolute Gasteiger partial charge is 0.383 e. The number of hydrogen-bond donors (Lipinski definition) is 1. The van der Waals surface area contributed by atoms with Crippen molar-refractivity contribution in [1.82, 2.24) is 9.97 Å². The van der Waals surface area contributed by atoms with E-state index < -0.39 is 0 Å². The maximum Gasteiger partial charge on any atom is 0.136 e. The SMILES string of the molecule is Nc1nc(Cc2ccsc2)nc2sc3c(c12)CCCC3. The second kappa shape index (κ2) is 4.82. The van der Waals surface area contributed by atoms with Gasteiger partial charge in [0.15, 0.2) is 0 Å². The van der Waals surface area contributed by atoms with Crippen LogP contribution in [0.4, 0.5) is 5.82 Å². The predicted molar refractivity (Wildman–Crippen MR) is 85.6 cm³/mol. The summed E-state index contributed by atoms with van der Waals surface area (Å²) >= 11 is 3.52. The van der Waals surface area contributed by atoms with Gasteiger partial charge in [-0.1, -0.05) is 0 Å². The van der Waals surface area contributed by atoms with Crippen LogP contribution in [0.3, 0.4) is 0 Å². The summed E-state index contributed by atoms with van der Waals surface area (Å²) in [4.78, 5) is 11.8. The van der Waals surface area contributed by atoms with E-state index in [1.165, 1.54) is 35.3 Å². The summed E-state index contributed by atoms with van der Waals surface area (Å²) in [7, 11) is 0. The predicted octanol–water partition coefficient (Wildman–Crippen LogP) is 3.80. The van der Waals surface area contributed by atoms with Crippen molar-refractivity contribution in [2.24, 2.45) is 0 Å². The maximum atomic E-state index is 6.21. The summed E-state index contributed by atoms with van der Waals surface area (Å²) < 4.78 is 0. The van der Waals surface area contributed by atoms with Crippen LogP contribution in [-0.4, -0.2) is 9.97 Å². The fourth-order valence-corrected chi connectivity index (χ4v) is 4.84. The van der Waals surface area contributed by atoms with Gasteiger partial charge < -0.3 is 5.73 Å². The first-order valence-electron chi connectivity index (χ1n) is 6.89. The van der Waals surface area contributed by atoms with E-state index in [2.05, 4.69) is 21.8 Å². The molecular formula is C15H15N3S2. The molecule has 20 heavy (non-hydrogen) atoms. The van der Waals surface area contributed by atoms with Gasteiger partial charge in [0.2, 0.25) is 0 Å². The van der Waals surface area contributed by atoms with Gasteiger partial charge >= 0.3 is 0 Å². The van der Waals surface area contributed by atoms with Gasteiger partial charge in [0.25, 0.3) is 0 Å². The van der Waals surface area contributed by atoms with Crippen molar-refractivity contribution in [3.05, 3.63) is 38.7 Å². The van der Waals surface area contributed by atoms with Gasteiger partial charge in [-0.3, -0.25) is 0 Å². The molecular weight excluding hydrogens is 286 g/mol. The maximum absolute atomic E-state index is 6.21. The first-order chi connectivity index (χ1) is 9.81. The van der Waals surface area contributed by atoms with E-state index in [9.17, 15) is 0 Å². The van der Waals surface area contributed by atoms with Crippen LogP contribution < -0.4 is 5.73 Å². The smallest absolute Gasteiger partial charge is 0.136 e. The van der Waals surface area contributed by atoms with Gasteiger partial charge in [-0.25, -0.2) is 9.97 Å². The van der Waals surface area contributed by atoms with E-state index in [1.54, 1.807) is 11.3 Å². The number of fused-ring (bicyclic) bond motifs is 3. The van der Waals surface area contributed by atoms with Crippen LogP contribution in [0, 0.1) is 0 Å². The molecule has 0 unspecified atom stereocenters. The average Bonchev–Trinajstić information content (AvgIpc) is 3.05. The Hall–Kier alpha value is -1.46. The topological polar surface area (TPSA) is 51.8 Å². The van der Waals surface area contributed by atoms with E-state index in [0.29, 0.717) is 5.82 Å². The van der Waals surface area contributed by atoms with Gasteiger partial charge in [-0.2, -0.15) is 11.3 Å². The fourth-order valence-electron chi connectivity index (χ4n) is 2.89. The van der Waals surface area contributed by atoms with E-state index in [0.717, 1.165) is 28.9 Å². The lowest BCUT2D eigenvalue weighted by atomic mass is 9.97. The summed E-state index contributed by atoms with van der Waals surface area (Å²) in [6.45, 7) is 0. The first-order valence-corrected chi connectivity index (χ1v) is 8.65. The Labute approximate surface area is 125 Å². The van der Waals surface area contributed by atoms with Crippen LogP contribution >= 0.6 is 22.7 Å². The van der Waals surface area contributed by atoms with Gasteiger partial charge in [-0.15, -0.1) is 11.3 Å². The summed E-state index contributed by atoms with van der Waals surface area (Å²) in [6.07, 6.45) is 5.62. The lowest BCUT2D eigenvalue weighted by Crippen LogP contribution is -2.03. The molecule has 3 aromatic heterocycles. The zero-order valence-electron chi connectivity index (χ0n) is 11.1. The molecule has 1 aliphatic rings. The van der Waals surface area contributed by atoms with Crippen LogP contribution in [0.5, 0.6) is 0 Å². The quantitative estimate of drug-likeness (QED) is 0.783. The number of nitrogens with two attached hydrogens (primary N) is 1. The number of rotatable bonds is 2. The van der Waals surface area contributed by atoms with Crippen LogP contribution in [0.15, 0.2) is 16.8 Å². The van der Waals surface area contributed by atoms with Crippen LogP contribution in [0.25, 0.3) is 10.2 Å². The second-order valence-corrected chi connectivity index (χ2v) is 7.09. The van der Waals surface area contributed by atoms with Crippen LogP contribution in [-0.2, 0) is 19.3 Å². The van der Waals surface area contributed by atoms with Gasteiger partial charge in [0.05, 0.1) is 5.39 Å². The molecule has 0 radical (unpaired) electrons. The number of aryl methyl sites for hydroxylation is 2. The second-order valence-electron chi connectivity index (χ2n) is 5.22. The van der Waals surface area contributed by atoms with Gasteiger partial charge in [0.1, 0.15) is 16.5 Å². The van der Waals surface area contributed by atoms with Gasteiger partial charge in [0, 0.05) is 11.3 Å². The van der Waals surface area contributed by atoms with Crippen molar-refractivity contribution < 1.29 is 0 Å². The van der Waals surface area contributed by atoms with Crippen molar-refractivity contribution in [1.29, 1.82) is 0 Å². The summed E-state index contributed by atoms with van der Waals surface area (Å²) in [5.74, 6) is 1.51. The molecule has 3 aromatic rings. The highest BCUT2D eigenvalue weighted by Crippen LogP contribution is 2.37. The fraction of sp³-hybridized carbons (Fsp3) is 0.333. The molecule has 3 heterocycles. The molecule has 0 spiro atoms. The third-order valence-corrected chi connectivity index (χ3v) is 5.75. The molecule has 0 atom stereocenters. The van der Waals surface area contributed by atoms with E-state index in [1.807, 2.05) is 11.3 Å². The Morgan fingerprint density at radius 3 is 2.95 bits per heavy atom. The van der Waals surface area contributed by atoms with Crippen LogP contribution in [0.1, 0.15) is 34.7 Å². The number of thiophene rings is 2. The Morgan fingerprint density at radius 2 is 2.10 bits per heavy atom. The number of nitrogen functional groups attached to an aromatic ring is 1. The third kappa shape index (κ3) is 2.01. The Kier molecular flexibility index (Phi) is 2.97. The standard InChI is InChI=1S/C15H15N3S2/c16-14-13-10-3-1-2-4-11(10)20-15(13)18-12(17-14)7-9-5-6-19-8-9/h5-6,8H,1-4,7H2,(H2,16,17,18). The Balaban J connectivity index is 1.82. The molecule has 3 nitrogen and oxygen atoms in total.